The third kappa shape index (κ3) is 5.49. The van der Waals surface area contributed by atoms with Crippen LogP contribution >= 0.6 is 23.2 Å². The summed E-state index contributed by atoms with van der Waals surface area (Å²) in [5.74, 6) is 0.760. The Balaban J connectivity index is 0.000000207. The number of hydrogen-bond donors (Lipinski definition) is 2. The van der Waals surface area contributed by atoms with E-state index in [4.69, 9.17) is 27.9 Å². The van der Waals surface area contributed by atoms with Crippen molar-refractivity contribution in [3.05, 3.63) is 52.4 Å². The normalized spacial score (nSPS) is 15.2. The molecule has 0 atom stereocenters. The predicted octanol–water partition coefficient (Wildman–Crippen LogP) is 5.53. The number of nitrogens with zero attached hydrogens (tertiary/aromatic N) is 4. The van der Waals surface area contributed by atoms with E-state index in [2.05, 4.69) is 25.7 Å². The minimum absolute atomic E-state index is 0.183. The maximum Gasteiger partial charge on any atom is 0.230 e. The lowest BCUT2D eigenvalue weighted by atomic mass is 9.93. The van der Waals surface area contributed by atoms with E-state index in [9.17, 15) is 4.79 Å². The van der Waals surface area contributed by atoms with E-state index in [1.54, 1.807) is 25.4 Å². The SMILES string of the molecule is CNc1c(Cl)cccc1Cl.O=Cc1cnc(Nc2cnn(C3CCC3)c2)nc1OC1CC1. The molecule has 8 nitrogen and oxygen atoms in total. The number of carbonyl (C=O) groups is 1. The Hall–Kier alpha value is -2.84. The molecule has 2 N–H and O–H groups in total. The molecular formula is C22H24Cl2N6O2. The van der Waals surface area contributed by atoms with E-state index >= 15 is 0 Å². The summed E-state index contributed by atoms with van der Waals surface area (Å²) in [4.78, 5) is 19.5. The van der Waals surface area contributed by atoms with Crippen molar-refractivity contribution >= 4 is 46.8 Å². The van der Waals surface area contributed by atoms with Crippen molar-refractivity contribution in [1.82, 2.24) is 19.7 Å². The van der Waals surface area contributed by atoms with E-state index in [0.717, 1.165) is 30.5 Å². The number of nitrogens with one attached hydrogen (secondary N) is 2. The molecular weight excluding hydrogens is 451 g/mol. The molecule has 0 aliphatic heterocycles. The van der Waals surface area contributed by atoms with Crippen molar-refractivity contribution in [3.63, 3.8) is 0 Å². The van der Waals surface area contributed by atoms with Crippen LogP contribution in [0.25, 0.3) is 0 Å². The van der Waals surface area contributed by atoms with Crippen LogP contribution in [0.2, 0.25) is 10.0 Å². The molecule has 0 amide bonds. The molecule has 10 heteroatoms. The standard InChI is InChI=1S/C15H17N5O2.C7H7Cl2N/c21-9-10-6-16-15(19-14(10)22-13-4-5-13)18-11-7-17-20(8-11)12-2-1-3-12;1-10-7-5(8)3-2-4-6(7)9/h6-9,12-13H,1-5H2,(H,16,18,19);2-4,10H,1H3. The third-order valence-electron chi connectivity index (χ3n) is 5.23. The van der Waals surface area contributed by atoms with Crippen molar-refractivity contribution < 1.29 is 9.53 Å². The maximum absolute atomic E-state index is 11.0. The van der Waals surface area contributed by atoms with Crippen LogP contribution < -0.4 is 15.4 Å². The molecule has 0 radical (unpaired) electrons. The summed E-state index contributed by atoms with van der Waals surface area (Å²) in [5.41, 5.74) is 2.00. The largest absolute Gasteiger partial charge is 0.474 e. The summed E-state index contributed by atoms with van der Waals surface area (Å²) in [6.45, 7) is 0. The zero-order valence-electron chi connectivity index (χ0n) is 17.6. The highest BCUT2D eigenvalue weighted by atomic mass is 35.5. The number of hydrogen-bond acceptors (Lipinski definition) is 7. The molecule has 1 aromatic carbocycles. The molecule has 2 aromatic heterocycles. The first-order valence-corrected chi connectivity index (χ1v) is 11.2. The maximum atomic E-state index is 11.0. The molecule has 2 saturated carbocycles. The highest BCUT2D eigenvalue weighted by Gasteiger charge is 2.26. The number of ether oxygens (including phenoxy) is 1. The predicted molar refractivity (Wildman–Crippen MR) is 125 cm³/mol. The molecule has 3 aromatic rings. The highest BCUT2D eigenvalue weighted by Crippen LogP contribution is 2.32. The van der Waals surface area contributed by atoms with E-state index in [0.29, 0.717) is 33.5 Å². The van der Waals surface area contributed by atoms with Crippen LogP contribution in [0.5, 0.6) is 5.88 Å². The average molecular weight is 475 g/mol. The molecule has 0 bridgehead atoms. The van der Waals surface area contributed by atoms with Crippen LogP contribution in [0.3, 0.4) is 0 Å². The number of rotatable bonds is 7. The lowest BCUT2D eigenvalue weighted by Gasteiger charge is -2.25. The zero-order chi connectivity index (χ0) is 22.5. The number of anilines is 3. The summed E-state index contributed by atoms with van der Waals surface area (Å²) in [6, 6.07) is 5.91. The lowest BCUT2D eigenvalue weighted by molar-refractivity contribution is 0.111. The van der Waals surface area contributed by atoms with Gasteiger partial charge in [-0.2, -0.15) is 10.1 Å². The van der Waals surface area contributed by atoms with Crippen LogP contribution in [0, 0.1) is 0 Å². The van der Waals surface area contributed by atoms with E-state index in [-0.39, 0.29) is 6.10 Å². The highest BCUT2D eigenvalue weighted by molar-refractivity contribution is 6.39. The first kappa shape index (κ1) is 22.4. The van der Waals surface area contributed by atoms with Gasteiger partial charge in [-0.15, -0.1) is 0 Å². The van der Waals surface area contributed by atoms with Crippen molar-refractivity contribution in [2.75, 3.05) is 17.7 Å². The van der Waals surface area contributed by atoms with Crippen LogP contribution in [-0.2, 0) is 0 Å². The van der Waals surface area contributed by atoms with E-state index in [1.165, 1.54) is 25.5 Å². The lowest BCUT2D eigenvalue weighted by Crippen LogP contribution is -2.17. The summed E-state index contributed by atoms with van der Waals surface area (Å²) in [7, 11) is 1.78. The third-order valence-corrected chi connectivity index (χ3v) is 5.86. The van der Waals surface area contributed by atoms with Gasteiger partial charge < -0.3 is 15.4 Å². The fourth-order valence-electron chi connectivity index (χ4n) is 3.07. The second-order valence-corrected chi connectivity index (χ2v) is 8.47. The number of halogens is 2. The summed E-state index contributed by atoms with van der Waals surface area (Å²) < 4.78 is 7.63. The minimum atomic E-state index is 0.183. The smallest absolute Gasteiger partial charge is 0.230 e. The average Bonchev–Trinajstić information content (AvgIpc) is 3.45. The zero-order valence-corrected chi connectivity index (χ0v) is 19.1. The van der Waals surface area contributed by atoms with Gasteiger partial charge in [0.2, 0.25) is 11.8 Å². The molecule has 32 heavy (non-hydrogen) atoms. The topological polar surface area (TPSA) is 94.0 Å². The van der Waals surface area contributed by atoms with Gasteiger partial charge in [0.1, 0.15) is 6.10 Å². The Morgan fingerprint density at radius 2 is 1.91 bits per heavy atom. The summed E-state index contributed by atoms with van der Waals surface area (Å²) in [6.07, 6.45) is 11.8. The van der Waals surface area contributed by atoms with Crippen molar-refractivity contribution in [3.8, 4) is 5.88 Å². The van der Waals surface area contributed by atoms with Gasteiger partial charge in [0.25, 0.3) is 0 Å². The molecule has 2 aliphatic carbocycles. The number of carbonyl (C=O) groups excluding carboxylic acids is 1. The van der Waals surface area contributed by atoms with Crippen molar-refractivity contribution in [2.24, 2.45) is 0 Å². The fraction of sp³-hybridized carbons (Fsp3) is 0.364. The number of aldehydes is 1. The quantitative estimate of drug-likeness (QED) is 0.434. The first-order chi connectivity index (χ1) is 15.6. The number of benzene rings is 1. The van der Waals surface area contributed by atoms with Gasteiger partial charge in [-0.25, -0.2) is 4.98 Å². The molecule has 0 unspecified atom stereocenters. The van der Waals surface area contributed by atoms with Crippen molar-refractivity contribution in [1.29, 1.82) is 0 Å². The van der Waals surface area contributed by atoms with Gasteiger partial charge in [-0.1, -0.05) is 29.3 Å². The van der Waals surface area contributed by atoms with E-state index < -0.39 is 0 Å². The van der Waals surface area contributed by atoms with Crippen LogP contribution in [0.4, 0.5) is 17.3 Å². The minimum Gasteiger partial charge on any atom is -0.474 e. The van der Waals surface area contributed by atoms with Gasteiger partial charge in [0, 0.05) is 19.4 Å². The molecule has 5 rings (SSSR count). The Morgan fingerprint density at radius 1 is 1.16 bits per heavy atom. The number of para-hydroxylation sites is 1. The Morgan fingerprint density at radius 3 is 2.47 bits per heavy atom. The molecule has 0 spiro atoms. The van der Waals surface area contributed by atoms with Crippen LogP contribution in [-0.4, -0.2) is 39.2 Å². The fourth-order valence-corrected chi connectivity index (χ4v) is 3.66. The first-order valence-electron chi connectivity index (χ1n) is 10.5. The van der Waals surface area contributed by atoms with Gasteiger partial charge in [-0.3, -0.25) is 9.48 Å². The summed E-state index contributed by atoms with van der Waals surface area (Å²) >= 11 is 11.6. The Labute approximate surface area is 196 Å². The van der Waals surface area contributed by atoms with Crippen LogP contribution in [0.15, 0.2) is 36.8 Å². The molecule has 2 aliphatic rings. The second-order valence-electron chi connectivity index (χ2n) is 7.65. The summed E-state index contributed by atoms with van der Waals surface area (Å²) in [5, 5.41) is 11.7. The van der Waals surface area contributed by atoms with Gasteiger partial charge in [0.15, 0.2) is 6.29 Å². The number of aromatic nitrogens is 4. The molecule has 168 valence electrons. The second kappa shape index (κ2) is 10.2. The van der Waals surface area contributed by atoms with Gasteiger partial charge >= 0.3 is 0 Å². The van der Waals surface area contributed by atoms with Gasteiger partial charge in [-0.05, 0) is 44.2 Å². The Bertz CT molecular complexity index is 1060. The molecule has 2 heterocycles. The van der Waals surface area contributed by atoms with Crippen LogP contribution in [0.1, 0.15) is 48.5 Å². The van der Waals surface area contributed by atoms with Gasteiger partial charge in [0.05, 0.1) is 39.2 Å². The van der Waals surface area contributed by atoms with E-state index in [1.807, 2.05) is 16.9 Å². The van der Waals surface area contributed by atoms with Crippen molar-refractivity contribution in [2.45, 2.75) is 44.2 Å². The molecule has 2 fully saturated rings. The Kier molecular flexibility index (Phi) is 7.12. The molecule has 0 saturated heterocycles. The monoisotopic (exact) mass is 474 g/mol.